The van der Waals surface area contributed by atoms with Gasteiger partial charge in [-0.15, -0.1) is 0 Å². The van der Waals surface area contributed by atoms with Gasteiger partial charge in [-0.05, 0) is 30.0 Å². The van der Waals surface area contributed by atoms with Crippen LogP contribution < -0.4 is 5.32 Å². The molecule has 0 fully saturated rings. The van der Waals surface area contributed by atoms with Crippen LogP contribution in [0.1, 0.15) is 24.8 Å². The highest BCUT2D eigenvalue weighted by atomic mass is 16.4. The summed E-state index contributed by atoms with van der Waals surface area (Å²) in [4.78, 5) is 11.4. The van der Waals surface area contributed by atoms with Crippen molar-refractivity contribution in [2.24, 2.45) is 0 Å². The number of nitrogens with one attached hydrogen (secondary N) is 1. The maximum absolute atomic E-state index is 11.4. The van der Waals surface area contributed by atoms with Gasteiger partial charge in [-0.1, -0.05) is 55.5 Å². The number of rotatable bonds is 6. The van der Waals surface area contributed by atoms with E-state index in [-0.39, 0.29) is 5.92 Å². The van der Waals surface area contributed by atoms with Gasteiger partial charge in [-0.25, -0.2) is 4.79 Å². The lowest BCUT2D eigenvalue weighted by atomic mass is 9.94. The minimum Gasteiger partial charge on any atom is -0.480 e. The lowest BCUT2D eigenvalue weighted by molar-refractivity contribution is -0.138. The van der Waals surface area contributed by atoms with E-state index in [1.807, 2.05) is 60.7 Å². The Morgan fingerprint density at radius 1 is 1.05 bits per heavy atom. The Labute approximate surface area is 119 Å². The van der Waals surface area contributed by atoms with Gasteiger partial charge in [-0.2, -0.15) is 0 Å². The molecule has 0 heterocycles. The van der Waals surface area contributed by atoms with Crippen molar-refractivity contribution in [3.05, 3.63) is 66.2 Å². The Hall–Kier alpha value is -2.29. The second-order valence-electron chi connectivity index (χ2n) is 4.95. The summed E-state index contributed by atoms with van der Waals surface area (Å²) in [5.74, 6) is -0.634. The van der Waals surface area contributed by atoms with Crippen LogP contribution >= 0.6 is 0 Å². The Morgan fingerprint density at radius 2 is 1.60 bits per heavy atom. The summed E-state index contributed by atoms with van der Waals surface area (Å²) in [5.41, 5.74) is 1.99. The van der Waals surface area contributed by atoms with Crippen molar-refractivity contribution in [2.45, 2.75) is 25.3 Å². The smallest absolute Gasteiger partial charge is 0.326 e. The van der Waals surface area contributed by atoms with Gasteiger partial charge in [0.15, 0.2) is 0 Å². The number of aliphatic carboxylic acids is 1. The molecular weight excluding hydrogens is 250 g/mol. The van der Waals surface area contributed by atoms with Crippen molar-refractivity contribution in [1.29, 1.82) is 0 Å². The van der Waals surface area contributed by atoms with E-state index in [9.17, 15) is 9.90 Å². The number of anilines is 1. The van der Waals surface area contributed by atoms with Crippen molar-refractivity contribution in [1.82, 2.24) is 0 Å². The number of para-hydroxylation sites is 1. The van der Waals surface area contributed by atoms with Crippen molar-refractivity contribution < 1.29 is 9.90 Å². The van der Waals surface area contributed by atoms with Crippen molar-refractivity contribution in [3.63, 3.8) is 0 Å². The summed E-state index contributed by atoms with van der Waals surface area (Å²) in [6.07, 6.45) is 0.550. The highest BCUT2D eigenvalue weighted by molar-refractivity contribution is 5.77. The van der Waals surface area contributed by atoms with Crippen LogP contribution in [0.15, 0.2) is 60.7 Å². The zero-order valence-corrected chi connectivity index (χ0v) is 11.5. The van der Waals surface area contributed by atoms with Crippen LogP contribution in [0.4, 0.5) is 5.69 Å². The number of hydrogen-bond donors (Lipinski definition) is 2. The van der Waals surface area contributed by atoms with Gasteiger partial charge in [0, 0.05) is 5.69 Å². The molecule has 2 unspecified atom stereocenters. The first-order valence-corrected chi connectivity index (χ1v) is 6.76. The van der Waals surface area contributed by atoms with Gasteiger partial charge < -0.3 is 10.4 Å². The zero-order chi connectivity index (χ0) is 14.4. The first kappa shape index (κ1) is 14.1. The number of benzene rings is 2. The summed E-state index contributed by atoms with van der Waals surface area (Å²) in [6.45, 7) is 2.05. The molecule has 2 rings (SSSR count). The Morgan fingerprint density at radius 3 is 2.15 bits per heavy atom. The van der Waals surface area contributed by atoms with E-state index in [4.69, 9.17) is 0 Å². The number of carboxylic acid groups (broad SMARTS) is 1. The molecule has 2 N–H and O–H groups in total. The molecule has 0 bridgehead atoms. The van der Waals surface area contributed by atoms with E-state index in [0.717, 1.165) is 11.3 Å². The van der Waals surface area contributed by atoms with E-state index in [1.54, 1.807) is 0 Å². The van der Waals surface area contributed by atoms with Crippen LogP contribution in [0.5, 0.6) is 0 Å². The molecule has 0 saturated heterocycles. The van der Waals surface area contributed by atoms with Crippen molar-refractivity contribution in [2.75, 3.05) is 5.32 Å². The van der Waals surface area contributed by atoms with Gasteiger partial charge in [0.2, 0.25) is 0 Å². The Balaban J connectivity index is 2.05. The predicted molar refractivity (Wildman–Crippen MR) is 81.0 cm³/mol. The molecule has 0 saturated carbocycles. The van der Waals surface area contributed by atoms with Gasteiger partial charge in [0.1, 0.15) is 6.04 Å². The van der Waals surface area contributed by atoms with Crippen molar-refractivity contribution >= 4 is 11.7 Å². The summed E-state index contributed by atoms with van der Waals surface area (Å²) in [5, 5.41) is 12.4. The molecule has 0 aliphatic carbocycles. The molecule has 2 aromatic rings. The fourth-order valence-corrected chi connectivity index (χ4v) is 2.23. The molecule has 3 nitrogen and oxygen atoms in total. The highest BCUT2D eigenvalue weighted by Crippen LogP contribution is 2.22. The molecule has 2 aromatic carbocycles. The SMILES string of the molecule is CC(CC(Nc1ccccc1)C(=O)O)c1ccccc1. The van der Waals surface area contributed by atoms with Crippen LogP contribution in [0.25, 0.3) is 0 Å². The van der Waals surface area contributed by atoms with E-state index in [0.29, 0.717) is 6.42 Å². The monoisotopic (exact) mass is 269 g/mol. The second kappa shape index (κ2) is 6.75. The summed E-state index contributed by atoms with van der Waals surface area (Å²) < 4.78 is 0. The van der Waals surface area contributed by atoms with E-state index in [2.05, 4.69) is 12.2 Å². The fourth-order valence-electron chi connectivity index (χ4n) is 2.23. The predicted octanol–water partition coefficient (Wildman–Crippen LogP) is 3.75. The quantitative estimate of drug-likeness (QED) is 0.839. The lowest BCUT2D eigenvalue weighted by Gasteiger charge is -2.20. The number of carboxylic acids is 1. The highest BCUT2D eigenvalue weighted by Gasteiger charge is 2.20. The van der Waals surface area contributed by atoms with E-state index in [1.165, 1.54) is 0 Å². The maximum atomic E-state index is 11.4. The third-order valence-corrected chi connectivity index (χ3v) is 3.37. The van der Waals surface area contributed by atoms with Crippen LogP contribution in [0.3, 0.4) is 0 Å². The molecule has 3 heteroatoms. The maximum Gasteiger partial charge on any atom is 0.326 e. The van der Waals surface area contributed by atoms with Gasteiger partial charge in [0.05, 0.1) is 0 Å². The third kappa shape index (κ3) is 3.85. The molecule has 0 amide bonds. The molecule has 0 aliphatic rings. The molecule has 0 aromatic heterocycles. The van der Waals surface area contributed by atoms with E-state index >= 15 is 0 Å². The molecule has 104 valence electrons. The van der Waals surface area contributed by atoms with Crippen LogP contribution in [0, 0.1) is 0 Å². The molecule has 2 atom stereocenters. The molecule has 0 radical (unpaired) electrons. The largest absolute Gasteiger partial charge is 0.480 e. The Bertz CT molecular complexity index is 539. The topological polar surface area (TPSA) is 49.3 Å². The van der Waals surface area contributed by atoms with Gasteiger partial charge in [0.25, 0.3) is 0 Å². The van der Waals surface area contributed by atoms with Crippen LogP contribution in [-0.4, -0.2) is 17.1 Å². The number of hydrogen-bond acceptors (Lipinski definition) is 2. The number of carbonyl (C=O) groups is 1. The first-order chi connectivity index (χ1) is 9.66. The summed E-state index contributed by atoms with van der Waals surface area (Å²) in [6, 6.07) is 18.8. The molecule has 0 spiro atoms. The van der Waals surface area contributed by atoms with Gasteiger partial charge >= 0.3 is 5.97 Å². The lowest BCUT2D eigenvalue weighted by Crippen LogP contribution is -2.30. The summed E-state index contributed by atoms with van der Waals surface area (Å²) in [7, 11) is 0. The normalized spacial score (nSPS) is 13.4. The minimum atomic E-state index is -0.823. The minimum absolute atomic E-state index is 0.188. The van der Waals surface area contributed by atoms with Crippen molar-refractivity contribution in [3.8, 4) is 0 Å². The zero-order valence-electron chi connectivity index (χ0n) is 11.5. The average Bonchev–Trinajstić information content (AvgIpc) is 2.48. The first-order valence-electron chi connectivity index (χ1n) is 6.76. The standard InChI is InChI=1S/C17H19NO2/c1-13(14-8-4-2-5-9-14)12-16(17(19)20)18-15-10-6-3-7-11-15/h2-11,13,16,18H,12H2,1H3,(H,19,20). The Kier molecular flexibility index (Phi) is 4.77. The molecule has 0 aliphatic heterocycles. The third-order valence-electron chi connectivity index (χ3n) is 3.37. The van der Waals surface area contributed by atoms with Crippen LogP contribution in [-0.2, 0) is 4.79 Å². The van der Waals surface area contributed by atoms with Crippen LogP contribution in [0.2, 0.25) is 0 Å². The average molecular weight is 269 g/mol. The molecular formula is C17H19NO2. The second-order valence-corrected chi connectivity index (χ2v) is 4.95. The fraction of sp³-hybridized carbons (Fsp3) is 0.235. The molecule has 20 heavy (non-hydrogen) atoms. The van der Waals surface area contributed by atoms with E-state index < -0.39 is 12.0 Å². The van der Waals surface area contributed by atoms with Gasteiger partial charge in [-0.3, -0.25) is 0 Å². The summed E-state index contributed by atoms with van der Waals surface area (Å²) >= 11 is 0.